The summed E-state index contributed by atoms with van der Waals surface area (Å²) < 4.78 is 27.3. The van der Waals surface area contributed by atoms with E-state index in [1.807, 2.05) is 36.5 Å². The van der Waals surface area contributed by atoms with Crippen LogP contribution in [-0.4, -0.2) is 83.6 Å². The van der Waals surface area contributed by atoms with E-state index >= 15 is 0 Å². The molecule has 3 heterocycles. The molecule has 1 fully saturated rings. The van der Waals surface area contributed by atoms with Crippen molar-refractivity contribution in [2.24, 2.45) is 0 Å². The molecule has 4 aromatic rings. The van der Waals surface area contributed by atoms with E-state index in [9.17, 15) is 13.5 Å². The van der Waals surface area contributed by atoms with Gasteiger partial charge in [0.1, 0.15) is 0 Å². The number of phenols is 1. The SMILES string of the molecule is CN(C)C1CCN(c2ccc([As]c3c(S(C)(=O)=O)cnc4ccc(-c5cc(Cl)c(O)c(Cl)c5)cc34)cn2)C1. The summed E-state index contributed by atoms with van der Waals surface area (Å²) in [6.45, 7) is 1.90. The van der Waals surface area contributed by atoms with Crippen molar-refractivity contribution in [2.75, 3.05) is 38.3 Å². The van der Waals surface area contributed by atoms with Crippen molar-refractivity contribution < 1.29 is 13.5 Å². The topological polar surface area (TPSA) is 86.6 Å². The van der Waals surface area contributed by atoms with E-state index in [0.29, 0.717) is 17.1 Å². The van der Waals surface area contributed by atoms with Gasteiger partial charge in [-0.25, -0.2) is 0 Å². The summed E-state index contributed by atoms with van der Waals surface area (Å²) in [7, 11) is 0.676. The van der Waals surface area contributed by atoms with Gasteiger partial charge in [0.2, 0.25) is 0 Å². The number of benzene rings is 2. The number of hydrogen-bond donors (Lipinski definition) is 1. The van der Waals surface area contributed by atoms with Gasteiger partial charge in [-0.05, 0) is 0 Å². The third-order valence-corrected chi connectivity index (χ3v) is 11.3. The van der Waals surface area contributed by atoms with Crippen LogP contribution in [-0.2, 0) is 9.84 Å². The van der Waals surface area contributed by atoms with E-state index in [2.05, 4.69) is 28.9 Å². The standard InChI is InChI=1S/C27H26AsCl2N4O3S/c1-33(2)19-8-9-34(15-19)25-7-5-18(13-32-25)28-26-20-10-16(17-11-21(29)27(35)22(30)12-17)4-6-23(20)31-14-24(26)38(3,36)37/h4-7,10-14,19,35H,8-9,15H2,1-3H3. The minimum atomic E-state index is -3.52. The molecule has 2 aromatic heterocycles. The molecule has 1 radical (unpaired) electrons. The molecule has 11 heteroatoms. The molecule has 0 bridgehead atoms. The third kappa shape index (κ3) is 5.51. The van der Waals surface area contributed by atoms with Crippen LogP contribution in [0.2, 0.25) is 10.0 Å². The van der Waals surface area contributed by atoms with E-state index in [1.165, 1.54) is 12.5 Å². The average molecular weight is 632 g/mol. The van der Waals surface area contributed by atoms with Crippen LogP contribution >= 0.6 is 23.2 Å². The fraction of sp³-hybridized carbons (Fsp3) is 0.259. The molecule has 38 heavy (non-hydrogen) atoms. The quantitative estimate of drug-likeness (QED) is 0.326. The second kappa shape index (κ2) is 10.7. The Morgan fingerprint density at radius 2 is 1.76 bits per heavy atom. The number of nitrogens with zero attached hydrogens (tertiary/aromatic N) is 4. The van der Waals surface area contributed by atoms with Crippen LogP contribution in [0, 0.1) is 0 Å². The van der Waals surface area contributed by atoms with Gasteiger partial charge in [-0.1, -0.05) is 0 Å². The first-order valence-corrected chi connectivity index (χ1v) is 16.4. The monoisotopic (exact) mass is 631 g/mol. The molecule has 0 spiro atoms. The fourth-order valence-electron chi connectivity index (χ4n) is 4.59. The van der Waals surface area contributed by atoms with Crippen molar-refractivity contribution in [2.45, 2.75) is 17.4 Å². The molecule has 1 N–H and O–H groups in total. The van der Waals surface area contributed by atoms with Crippen molar-refractivity contribution in [1.82, 2.24) is 14.9 Å². The van der Waals surface area contributed by atoms with Gasteiger partial charge in [0.05, 0.1) is 0 Å². The summed E-state index contributed by atoms with van der Waals surface area (Å²) in [6.07, 6.45) is 5.62. The minimum absolute atomic E-state index is 0.142. The summed E-state index contributed by atoms with van der Waals surface area (Å²) >= 11 is 11.6. The van der Waals surface area contributed by atoms with E-state index in [1.54, 1.807) is 12.1 Å². The number of anilines is 1. The number of sulfone groups is 1. The summed E-state index contributed by atoms with van der Waals surface area (Å²) in [6, 6.07) is 13.5. The number of aromatic nitrogens is 2. The summed E-state index contributed by atoms with van der Waals surface area (Å²) in [5.74, 6) is 0.761. The van der Waals surface area contributed by atoms with Crippen LogP contribution in [0.4, 0.5) is 5.82 Å². The van der Waals surface area contributed by atoms with Crippen LogP contribution in [0.5, 0.6) is 5.75 Å². The van der Waals surface area contributed by atoms with Crippen molar-refractivity contribution in [3.8, 4) is 16.9 Å². The van der Waals surface area contributed by atoms with Crippen LogP contribution in [0.3, 0.4) is 0 Å². The maximum absolute atomic E-state index is 12.8. The van der Waals surface area contributed by atoms with Crippen LogP contribution in [0.15, 0.2) is 59.8 Å². The second-order valence-corrected chi connectivity index (χ2v) is 14.9. The van der Waals surface area contributed by atoms with E-state index < -0.39 is 25.6 Å². The molecule has 0 amide bonds. The zero-order chi connectivity index (χ0) is 27.2. The predicted octanol–water partition coefficient (Wildman–Crippen LogP) is 3.51. The Morgan fingerprint density at radius 3 is 2.37 bits per heavy atom. The van der Waals surface area contributed by atoms with Gasteiger partial charge >= 0.3 is 240 Å². The molecule has 1 saturated heterocycles. The maximum atomic E-state index is 12.8. The van der Waals surface area contributed by atoms with Gasteiger partial charge in [-0.15, -0.1) is 0 Å². The van der Waals surface area contributed by atoms with Gasteiger partial charge in [0.25, 0.3) is 0 Å². The summed E-state index contributed by atoms with van der Waals surface area (Å²) in [5.41, 5.74) is 2.19. The zero-order valence-electron chi connectivity index (χ0n) is 21.1. The number of halogens is 2. The Hall–Kier alpha value is -2.35. The Labute approximate surface area is 239 Å². The van der Waals surface area contributed by atoms with Crippen LogP contribution < -0.4 is 13.6 Å². The van der Waals surface area contributed by atoms with Gasteiger partial charge in [0, 0.05) is 0 Å². The Kier molecular flexibility index (Phi) is 7.64. The first-order chi connectivity index (χ1) is 18.0. The van der Waals surface area contributed by atoms with Crippen molar-refractivity contribution >= 4 is 74.2 Å². The van der Waals surface area contributed by atoms with Crippen molar-refractivity contribution in [3.63, 3.8) is 0 Å². The zero-order valence-corrected chi connectivity index (χ0v) is 25.3. The summed E-state index contributed by atoms with van der Waals surface area (Å²) in [5, 5.41) is 11.0. The first-order valence-electron chi connectivity index (χ1n) is 11.9. The molecule has 1 unspecified atom stereocenters. The number of likely N-dealkylation sites (N-methyl/N-ethyl adjacent to an activating group) is 1. The molecular formula is C27H26AsCl2N4O3S. The van der Waals surface area contributed by atoms with Crippen LogP contribution in [0.1, 0.15) is 6.42 Å². The summed E-state index contributed by atoms with van der Waals surface area (Å²) in [4.78, 5) is 13.9. The second-order valence-electron chi connectivity index (χ2n) is 9.60. The predicted molar refractivity (Wildman–Crippen MR) is 156 cm³/mol. The molecule has 5 rings (SSSR count). The molecule has 197 valence electrons. The van der Waals surface area contributed by atoms with Gasteiger partial charge in [-0.3, -0.25) is 0 Å². The first kappa shape index (κ1) is 27.2. The number of hydrogen-bond acceptors (Lipinski definition) is 7. The molecule has 1 aliphatic rings. The average Bonchev–Trinajstić information content (AvgIpc) is 3.37. The van der Waals surface area contributed by atoms with Gasteiger partial charge in [-0.2, -0.15) is 0 Å². The fourth-order valence-corrected chi connectivity index (χ4v) is 9.14. The Balaban J connectivity index is 1.54. The van der Waals surface area contributed by atoms with Crippen molar-refractivity contribution in [3.05, 3.63) is 64.9 Å². The van der Waals surface area contributed by atoms with Gasteiger partial charge < -0.3 is 0 Å². The number of pyridine rings is 2. The number of phenolic OH excluding ortho intramolecular Hbond substituents is 1. The normalized spacial score (nSPS) is 16.4. The molecule has 0 aliphatic carbocycles. The van der Waals surface area contributed by atoms with E-state index in [0.717, 1.165) is 45.0 Å². The molecule has 7 nitrogen and oxygen atoms in total. The molecule has 0 saturated carbocycles. The van der Waals surface area contributed by atoms with Crippen LogP contribution in [0.25, 0.3) is 22.0 Å². The molecule has 1 atom stereocenters. The number of fused-ring (bicyclic) bond motifs is 1. The Morgan fingerprint density at radius 1 is 1.03 bits per heavy atom. The van der Waals surface area contributed by atoms with E-state index in [4.69, 9.17) is 28.2 Å². The number of aromatic hydroxyl groups is 1. The third-order valence-electron chi connectivity index (χ3n) is 6.75. The molecule has 1 aliphatic heterocycles. The number of rotatable bonds is 6. The molecule has 2 aromatic carbocycles. The van der Waals surface area contributed by atoms with Crippen molar-refractivity contribution in [1.29, 1.82) is 0 Å². The Bertz CT molecular complexity index is 1610. The molecular weight excluding hydrogens is 606 g/mol. The van der Waals surface area contributed by atoms with E-state index in [-0.39, 0.29) is 20.7 Å². The van der Waals surface area contributed by atoms with Gasteiger partial charge in [0.15, 0.2) is 0 Å².